The topological polar surface area (TPSA) is 58.9 Å². The maximum Gasteiger partial charge on any atom is 0.143 e. The predicted octanol–water partition coefficient (Wildman–Crippen LogP) is 4.78. The number of pyridine rings is 3. The fraction of sp³-hybridized carbons (Fsp3) is 0.118. The summed E-state index contributed by atoms with van der Waals surface area (Å²) in [7, 11) is 0. The largest absolute Gasteiger partial charge is 0.506 e. The average molecular weight is 346 g/mol. The number of nitrogens with zero attached hydrogens (tertiary/aromatic N) is 3. The summed E-state index contributed by atoms with van der Waals surface area (Å²) >= 11 is 12.0. The Bertz CT molecular complexity index is 851. The molecule has 0 spiro atoms. The van der Waals surface area contributed by atoms with Crippen LogP contribution in [0.15, 0.2) is 42.7 Å². The second-order valence-corrected chi connectivity index (χ2v) is 5.74. The zero-order valence-corrected chi connectivity index (χ0v) is 13.8. The lowest BCUT2D eigenvalue weighted by molar-refractivity contribution is 0.474. The van der Waals surface area contributed by atoms with Gasteiger partial charge >= 0.3 is 0 Å². The zero-order chi connectivity index (χ0) is 16.4. The Balaban J connectivity index is 1.99. The monoisotopic (exact) mass is 345 g/mol. The molecule has 3 aromatic rings. The van der Waals surface area contributed by atoms with E-state index in [4.69, 9.17) is 23.2 Å². The molecule has 0 aromatic carbocycles. The lowest BCUT2D eigenvalue weighted by Gasteiger charge is -2.07. The number of aromatic nitrogens is 3. The smallest absolute Gasteiger partial charge is 0.143 e. The molecule has 0 atom stereocenters. The standard InChI is InChI=1S/C17H13Cl2N3O/c1-2-11-4-6-15(23)17(22-11)14-5-3-10(8-20-14)12-9-21-16(19)7-13(12)18/h3-9,23H,2H2,1H3. The molecule has 6 heteroatoms. The number of aryl methyl sites for hydroxylation is 1. The van der Waals surface area contributed by atoms with Gasteiger partial charge in [-0.25, -0.2) is 9.97 Å². The third kappa shape index (κ3) is 3.28. The van der Waals surface area contributed by atoms with Gasteiger partial charge in [-0.3, -0.25) is 4.98 Å². The number of hydrogen-bond donors (Lipinski definition) is 1. The Morgan fingerprint density at radius 3 is 2.52 bits per heavy atom. The maximum absolute atomic E-state index is 10.00. The molecule has 3 aromatic heterocycles. The van der Waals surface area contributed by atoms with Crippen LogP contribution < -0.4 is 0 Å². The number of halogens is 2. The highest BCUT2D eigenvalue weighted by Gasteiger charge is 2.10. The lowest BCUT2D eigenvalue weighted by Crippen LogP contribution is -1.93. The van der Waals surface area contributed by atoms with Gasteiger partial charge in [0.05, 0.1) is 10.7 Å². The normalized spacial score (nSPS) is 10.7. The predicted molar refractivity (Wildman–Crippen MR) is 91.8 cm³/mol. The Labute approximate surface area is 143 Å². The highest BCUT2D eigenvalue weighted by Crippen LogP contribution is 2.31. The molecule has 0 radical (unpaired) electrons. The van der Waals surface area contributed by atoms with Crippen LogP contribution in [0.25, 0.3) is 22.5 Å². The molecule has 0 bridgehead atoms. The van der Waals surface area contributed by atoms with Crippen molar-refractivity contribution in [2.24, 2.45) is 0 Å². The molecule has 0 amide bonds. The maximum atomic E-state index is 10.00. The molecule has 23 heavy (non-hydrogen) atoms. The highest BCUT2D eigenvalue weighted by molar-refractivity contribution is 6.35. The van der Waals surface area contributed by atoms with Crippen molar-refractivity contribution in [3.8, 4) is 28.3 Å². The van der Waals surface area contributed by atoms with Gasteiger partial charge in [0, 0.05) is 29.2 Å². The van der Waals surface area contributed by atoms with Gasteiger partial charge in [-0.1, -0.05) is 36.2 Å². The Morgan fingerprint density at radius 2 is 1.87 bits per heavy atom. The molecule has 0 unspecified atom stereocenters. The van der Waals surface area contributed by atoms with Crippen LogP contribution in [0.2, 0.25) is 10.2 Å². The third-order valence-corrected chi connectivity index (χ3v) is 3.95. The van der Waals surface area contributed by atoms with E-state index in [9.17, 15) is 5.11 Å². The minimum absolute atomic E-state index is 0.105. The van der Waals surface area contributed by atoms with Crippen molar-refractivity contribution in [3.05, 3.63) is 58.6 Å². The van der Waals surface area contributed by atoms with Gasteiger partial charge in [-0.2, -0.15) is 0 Å². The van der Waals surface area contributed by atoms with Gasteiger partial charge in [0.15, 0.2) is 0 Å². The van der Waals surface area contributed by atoms with Gasteiger partial charge < -0.3 is 5.11 Å². The van der Waals surface area contributed by atoms with Crippen LogP contribution >= 0.6 is 23.2 Å². The zero-order valence-electron chi connectivity index (χ0n) is 12.3. The van der Waals surface area contributed by atoms with E-state index < -0.39 is 0 Å². The SMILES string of the molecule is CCc1ccc(O)c(-c2ccc(-c3cnc(Cl)cc3Cl)cn2)n1. The van der Waals surface area contributed by atoms with Crippen LogP contribution in [0.3, 0.4) is 0 Å². The Kier molecular flexibility index (Phi) is 4.46. The summed E-state index contributed by atoms with van der Waals surface area (Å²) < 4.78 is 0. The minimum Gasteiger partial charge on any atom is -0.506 e. The van der Waals surface area contributed by atoms with Crippen molar-refractivity contribution in [2.75, 3.05) is 0 Å². The number of aromatic hydroxyl groups is 1. The molecule has 3 heterocycles. The van der Waals surface area contributed by atoms with E-state index in [-0.39, 0.29) is 5.75 Å². The Hall–Kier alpha value is -2.17. The first-order valence-electron chi connectivity index (χ1n) is 7.05. The fourth-order valence-electron chi connectivity index (χ4n) is 2.19. The molecular weight excluding hydrogens is 333 g/mol. The summed E-state index contributed by atoms with van der Waals surface area (Å²) in [6.07, 6.45) is 4.07. The number of hydrogen-bond acceptors (Lipinski definition) is 4. The second-order valence-electron chi connectivity index (χ2n) is 4.94. The van der Waals surface area contributed by atoms with E-state index >= 15 is 0 Å². The van der Waals surface area contributed by atoms with E-state index in [0.717, 1.165) is 23.2 Å². The molecule has 1 N–H and O–H groups in total. The fourth-order valence-corrected chi connectivity index (χ4v) is 2.67. The molecule has 0 aliphatic rings. The van der Waals surface area contributed by atoms with Crippen LogP contribution in [0.1, 0.15) is 12.6 Å². The first-order valence-corrected chi connectivity index (χ1v) is 7.81. The minimum atomic E-state index is 0.105. The molecule has 0 saturated heterocycles. The second kappa shape index (κ2) is 6.52. The molecular formula is C17H13Cl2N3O. The summed E-state index contributed by atoms with van der Waals surface area (Å²) in [6, 6.07) is 8.67. The molecule has 0 aliphatic heterocycles. The van der Waals surface area contributed by atoms with Crippen molar-refractivity contribution in [2.45, 2.75) is 13.3 Å². The summed E-state index contributed by atoms with van der Waals surface area (Å²) in [5.74, 6) is 0.105. The lowest BCUT2D eigenvalue weighted by atomic mass is 10.1. The van der Waals surface area contributed by atoms with Crippen molar-refractivity contribution >= 4 is 23.2 Å². The van der Waals surface area contributed by atoms with Crippen molar-refractivity contribution in [3.63, 3.8) is 0 Å². The van der Waals surface area contributed by atoms with Gasteiger partial charge in [0.1, 0.15) is 16.6 Å². The summed E-state index contributed by atoms with van der Waals surface area (Å²) in [6.45, 7) is 2.01. The number of rotatable bonds is 3. The van der Waals surface area contributed by atoms with Crippen LogP contribution in [0.4, 0.5) is 0 Å². The van der Waals surface area contributed by atoms with Gasteiger partial charge in [0.25, 0.3) is 0 Å². The van der Waals surface area contributed by atoms with Crippen LogP contribution in [0.5, 0.6) is 5.75 Å². The van der Waals surface area contributed by atoms with E-state index in [0.29, 0.717) is 21.6 Å². The summed E-state index contributed by atoms with van der Waals surface area (Å²) in [5.41, 5.74) is 3.52. The van der Waals surface area contributed by atoms with Crippen molar-refractivity contribution in [1.82, 2.24) is 15.0 Å². The van der Waals surface area contributed by atoms with E-state index in [2.05, 4.69) is 15.0 Å². The quantitative estimate of drug-likeness (QED) is 0.694. The Morgan fingerprint density at radius 1 is 1.04 bits per heavy atom. The van der Waals surface area contributed by atoms with Gasteiger partial charge in [-0.05, 0) is 30.7 Å². The molecule has 3 rings (SSSR count). The highest BCUT2D eigenvalue weighted by atomic mass is 35.5. The third-order valence-electron chi connectivity index (χ3n) is 3.43. The molecule has 0 saturated carbocycles. The molecule has 0 fully saturated rings. The molecule has 0 aliphatic carbocycles. The van der Waals surface area contributed by atoms with E-state index in [1.807, 2.05) is 13.0 Å². The van der Waals surface area contributed by atoms with E-state index in [1.165, 1.54) is 0 Å². The summed E-state index contributed by atoms with van der Waals surface area (Å²) in [5, 5.41) is 10.8. The van der Waals surface area contributed by atoms with Crippen LogP contribution in [-0.4, -0.2) is 20.1 Å². The van der Waals surface area contributed by atoms with Crippen molar-refractivity contribution in [1.29, 1.82) is 0 Å². The van der Waals surface area contributed by atoms with Crippen LogP contribution in [-0.2, 0) is 6.42 Å². The van der Waals surface area contributed by atoms with Gasteiger partial charge in [-0.15, -0.1) is 0 Å². The molecule has 116 valence electrons. The molecule has 4 nitrogen and oxygen atoms in total. The first-order chi connectivity index (χ1) is 11.1. The van der Waals surface area contributed by atoms with E-state index in [1.54, 1.807) is 36.7 Å². The van der Waals surface area contributed by atoms with Crippen LogP contribution in [0, 0.1) is 0 Å². The first kappa shape index (κ1) is 15.7. The van der Waals surface area contributed by atoms with Gasteiger partial charge in [0.2, 0.25) is 0 Å². The average Bonchev–Trinajstić information content (AvgIpc) is 2.56. The summed E-state index contributed by atoms with van der Waals surface area (Å²) in [4.78, 5) is 12.8. The van der Waals surface area contributed by atoms with Crippen molar-refractivity contribution < 1.29 is 5.11 Å².